The van der Waals surface area contributed by atoms with Gasteiger partial charge in [-0.15, -0.1) is 0 Å². The van der Waals surface area contributed by atoms with Crippen LogP contribution >= 0.6 is 15.9 Å². The lowest BCUT2D eigenvalue weighted by Crippen LogP contribution is -1.94. The van der Waals surface area contributed by atoms with E-state index in [1.165, 1.54) is 0 Å². The highest BCUT2D eigenvalue weighted by atomic mass is 79.9. The summed E-state index contributed by atoms with van der Waals surface area (Å²) < 4.78 is 11.8. The molecule has 3 N–H and O–H groups in total. The second-order valence-corrected chi connectivity index (χ2v) is 4.79. The fourth-order valence-corrected chi connectivity index (χ4v) is 2.09. The molecule has 0 aromatic heterocycles. The van der Waals surface area contributed by atoms with E-state index in [-0.39, 0.29) is 6.61 Å². The highest BCUT2D eigenvalue weighted by Crippen LogP contribution is 2.36. The summed E-state index contributed by atoms with van der Waals surface area (Å²) >= 11 is 3.39. The predicted molar refractivity (Wildman–Crippen MR) is 77.5 cm³/mol. The fourth-order valence-electron chi connectivity index (χ4n) is 1.61. The normalized spacial score (nSPS) is 10.3. The minimum Gasteiger partial charge on any atom is -0.493 e. The topological polar surface area (TPSA) is 64.7 Å². The van der Waals surface area contributed by atoms with Crippen molar-refractivity contribution in [2.45, 2.75) is 6.61 Å². The van der Waals surface area contributed by atoms with Crippen molar-refractivity contribution in [1.29, 1.82) is 0 Å². The number of methoxy groups -OCH3 is 1. The Bertz CT molecular complexity index is 587. The maximum atomic E-state index is 9.10. The molecule has 2 aromatic rings. The summed E-state index contributed by atoms with van der Waals surface area (Å²) in [6, 6.07) is 10.6. The van der Waals surface area contributed by atoms with Crippen molar-refractivity contribution >= 4 is 21.6 Å². The Morgan fingerprint density at radius 3 is 2.47 bits per heavy atom. The Balaban J connectivity index is 2.32. The van der Waals surface area contributed by atoms with Crippen LogP contribution in [0.25, 0.3) is 0 Å². The van der Waals surface area contributed by atoms with Gasteiger partial charge in [-0.05, 0) is 51.8 Å². The number of aliphatic hydroxyl groups excluding tert-OH is 1. The molecule has 0 amide bonds. The van der Waals surface area contributed by atoms with Gasteiger partial charge in [0.15, 0.2) is 11.5 Å². The molecule has 5 heteroatoms. The van der Waals surface area contributed by atoms with E-state index < -0.39 is 0 Å². The average molecular weight is 324 g/mol. The average Bonchev–Trinajstić information content (AvgIpc) is 2.42. The number of rotatable bonds is 4. The molecule has 100 valence electrons. The minimum absolute atomic E-state index is 0.0395. The van der Waals surface area contributed by atoms with Crippen molar-refractivity contribution in [1.82, 2.24) is 0 Å². The smallest absolute Gasteiger partial charge is 0.169 e. The van der Waals surface area contributed by atoms with Crippen LogP contribution in [0.3, 0.4) is 0 Å². The SMILES string of the molecule is COc1cc(CO)ccc1Oc1ccc(N)cc1Br. The van der Waals surface area contributed by atoms with Gasteiger partial charge < -0.3 is 20.3 Å². The van der Waals surface area contributed by atoms with Gasteiger partial charge in [0.2, 0.25) is 0 Å². The number of nitrogen functional groups attached to an aromatic ring is 1. The molecule has 4 nitrogen and oxygen atoms in total. The van der Waals surface area contributed by atoms with Crippen LogP contribution in [0.1, 0.15) is 5.56 Å². The molecule has 2 rings (SSSR count). The number of hydrogen-bond acceptors (Lipinski definition) is 4. The Hall–Kier alpha value is -1.72. The predicted octanol–water partition coefficient (Wildman–Crippen LogP) is 3.32. The lowest BCUT2D eigenvalue weighted by Gasteiger charge is -2.12. The molecule has 0 aliphatic heterocycles. The molecule has 0 spiro atoms. The van der Waals surface area contributed by atoms with Crippen LogP contribution in [0.15, 0.2) is 40.9 Å². The largest absolute Gasteiger partial charge is 0.493 e. The van der Waals surface area contributed by atoms with Crippen molar-refractivity contribution < 1.29 is 14.6 Å². The van der Waals surface area contributed by atoms with E-state index in [9.17, 15) is 0 Å². The van der Waals surface area contributed by atoms with Crippen molar-refractivity contribution in [2.24, 2.45) is 0 Å². The summed E-state index contributed by atoms with van der Waals surface area (Å²) in [6.07, 6.45) is 0. The van der Waals surface area contributed by atoms with Gasteiger partial charge in [-0.3, -0.25) is 0 Å². The van der Waals surface area contributed by atoms with Crippen molar-refractivity contribution in [3.8, 4) is 17.2 Å². The molecule has 0 saturated heterocycles. The van der Waals surface area contributed by atoms with Crippen LogP contribution in [0, 0.1) is 0 Å². The van der Waals surface area contributed by atoms with E-state index in [1.807, 2.05) is 0 Å². The molecule has 19 heavy (non-hydrogen) atoms. The highest BCUT2D eigenvalue weighted by molar-refractivity contribution is 9.10. The molecule has 0 fully saturated rings. The van der Waals surface area contributed by atoms with Gasteiger partial charge in [0.25, 0.3) is 0 Å². The maximum Gasteiger partial charge on any atom is 0.169 e. The first-order valence-corrected chi connectivity index (χ1v) is 6.44. The molecule has 2 aromatic carbocycles. The van der Waals surface area contributed by atoms with Crippen LogP contribution in [0.2, 0.25) is 0 Å². The monoisotopic (exact) mass is 323 g/mol. The van der Waals surface area contributed by atoms with E-state index >= 15 is 0 Å². The molecule has 0 atom stereocenters. The van der Waals surface area contributed by atoms with Gasteiger partial charge in [-0.25, -0.2) is 0 Å². The zero-order chi connectivity index (χ0) is 13.8. The molecule has 0 heterocycles. The summed E-state index contributed by atoms with van der Waals surface area (Å²) in [7, 11) is 1.56. The third-order valence-corrected chi connectivity index (χ3v) is 3.21. The number of nitrogens with two attached hydrogens (primary N) is 1. The van der Waals surface area contributed by atoms with Gasteiger partial charge in [0.1, 0.15) is 5.75 Å². The van der Waals surface area contributed by atoms with Crippen LogP contribution in [0.5, 0.6) is 17.2 Å². The molecule has 0 aliphatic rings. The Morgan fingerprint density at radius 1 is 1.11 bits per heavy atom. The van der Waals surface area contributed by atoms with Crippen LogP contribution in [-0.4, -0.2) is 12.2 Å². The lowest BCUT2D eigenvalue weighted by molar-refractivity contribution is 0.280. The van der Waals surface area contributed by atoms with Gasteiger partial charge in [-0.2, -0.15) is 0 Å². The van der Waals surface area contributed by atoms with Gasteiger partial charge >= 0.3 is 0 Å². The summed E-state index contributed by atoms with van der Waals surface area (Å²) in [5, 5.41) is 9.10. The number of hydrogen-bond donors (Lipinski definition) is 2. The summed E-state index contributed by atoms with van der Waals surface area (Å²) in [6.45, 7) is -0.0395. The Morgan fingerprint density at radius 2 is 1.84 bits per heavy atom. The summed E-state index contributed by atoms with van der Waals surface area (Å²) in [4.78, 5) is 0. The molecule has 0 bridgehead atoms. The third-order valence-electron chi connectivity index (χ3n) is 2.59. The van der Waals surface area contributed by atoms with Gasteiger partial charge in [0, 0.05) is 5.69 Å². The van der Waals surface area contributed by atoms with E-state index in [0.29, 0.717) is 22.9 Å². The second kappa shape index (κ2) is 5.95. The summed E-state index contributed by atoms with van der Waals surface area (Å²) in [5.74, 6) is 1.78. The molecule has 0 aliphatic carbocycles. The van der Waals surface area contributed by atoms with Crippen LogP contribution in [-0.2, 0) is 6.61 Å². The van der Waals surface area contributed by atoms with E-state index in [1.54, 1.807) is 43.5 Å². The quantitative estimate of drug-likeness (QED) is 0.847. The standard InChI is InChI=1S/C14H14BrNO3/c1-18-14-6-9(8-17)2-4-13(14)19-12-5-3-10(16)7-11(12)15/h2-7,17H,8,16H2,1H3. The molecule has 0 radical (unpaired) electrons. The van der Waals surface area contributed by atoms with E-state index in [2.05, 4.69) is 15.9 Å². The molecule has 0 saturated carbocycles. The number of aliphatic hydroxyl groups is 1. The van der Waals surface area contributed by atoms with Crippen LogP contribution in [0.4, 0.5) is 5.69 Å². The van der Waals surface area contributed by atoms with Gasteiger partial charge in [-0.1, -0.05) is 6.07 Å². The number of anilines is 1. The first kappa shape index (κ1) is 13.7. The molecular formula is C14H14BrNO3. The number of halogens is 1. The zero-order valence-electron chi connectivity index (χ0n) is 10.4. The van der Waals surface area contributed by atoms with Crippen molar-refractivity contribution in [2.75, 3.05) is 12.8 Å². The second-order valence-electron chi connectivity index (χ2n) is 3.94. The fraction of sp³-hybridized carbons (Fsp3) is 0.143. The minimum atomic E-state index is -0.0395. The Labute approximate surface area is 119 Å². The van der Waals surface area contributed by atoms with Crippen LogP contribution < -0.4 is 15.2 Å². The van der Waals surface area contributed by atoms with Crippen molar-refractivity contribution in [3.05, 3.63) is 46.4 Å². The van der Waals surface area contributed by atoms with Gasteiger partial charge in [0.05, 0.1) is 18.2 Å². The van der Waals surface area contributed by atoms with E-state index in [0.717, 1.165) is 10.0 Å². The Kier molecular flexibility index (Phi) is 4.29. The first-order valence-electron chi connectivity index (χ1n) is 5.64. The van der Waals surface area contributed by atoms with Crippen molar-refractivity contribution in [3.63, 3.8) is 0 Å². The zero-order valence-corrected chi connectivity index (χ0v) is 12.0. The lowest BCUT2D eigenvalue weighted by atomic mass is 10.2. The first-order chi connectivity index (χ1) is 9.13. The number of benzene rings is 2. The number of ether oxygens (including phenoxy) is 2. The van der Waals surface area contributed by atoms with E-state index in [4.69, 9.17) is 20.3 Å². The third kappa shape index (κ3) is 3.19. The summed E-state index contributed by atoms with van der Waals surface area (Å²) in [5.41, 5.74) is 7.10. The molecular weight excluding hydrogens is 310 g/mol. The molecule has 0 unspecified atom stereocenters. The maximum absolute atomic E-state index is 9.10. The highest BCUT2D eigenvalue weighted by Gasteiger charge is 2.09.